The number of hydrogen-bond acceptors (Lipinski definition) is 6. The number of amides is 1. The van der Waals surface area contributed by atoms with Crippen molar-refractivity contribution < 1.29 is 24.1 Å². The van der Waals surface area contributed by atoms with E-state index < -0.39 is 17.1 Å². The molecule has 0 radical (unpaired) electrons. The third kappa shape index (κ3) is 3.49. The number of nitrogens with one attached hydrogen (secondary N) is 1. The summed E-state index contributed by atoms with van der Waals surface area (Å²) in [5.74, 6) is 0.664. The number of fused-ring (bicyclic) bond motifs is 1. The largest absolute Gasteiger partial charge is 0.486 e. The first kappa shape index (κ1) is 20.2. The molecule has 0 saturated heterocycles. The van der Waals surface area contributed by atoms with Gasteiger partial charge < -0.3 is 30.4 Å². The van der Waals surface area contributed by atoms with Gasteiger partial charge in [-0.15, -0.1) is 0 Å². The molecule has 3 atom stereocenters. The first-order valence-corrected chi connectivity index (χ1v) is 9.54. The van der Waals surface area contributed by atoms with Crippen molar-refractivity contribution in [2.75, 3.05) is 26.4 Å². The van der Waals surface area contributed by atoms with Gasteiger partial charge in [0.25, 0.3) is 0 Å². The Morgan fingerprint density at radius 3 is 2.81 bits per heavy atom. The van der Waals surface area contributed by atoms with Crippen molar-refractivity contribution in [2.24, 2.45) is 11.1 Å². The van der Waals surface area contributed by atoms with Crippen LogP contribution in [0.3, 0.4) is 0 Å². The average Bonchev–Trinajstić information content (AvgIpc) is 2.65. The first-order chi connectivity index (χ1) is 12.7. The van der Waals surface area contributed by atoms with Crippen LogP contribution in [0.1, 0.15) is 38.9 Å². The minimum Gasteiger partial charge on any atom is -0.486 e. The summed E-state index contributed by atoms with van der Waals surface area (Å²) in [5.41, 5.74) is 5.37. The van der Waals surface area contributed by atoms with Crippen molar-refractivity contribution in [3.63, 3.8) is 0 Å². The standard InChI is InChI=1S/C19H27ClN2O5/c1-4-25-15-9-19(21,18(15,2)3)17(24)22-10-13(23)11-7-12(20)16-14(8-11)26-5-6-27-16/h7-8,13,15,23H,4-6,9-10,21H2,1-3H3,(H,22,24). The zero-order chi connectivity index (χ0) is 19.8. The lowest BCUT2D eigenvalue weighted by Gasteiger charge is -2.57. The maximum absolute atomic E-state index is 12.7. The Bertz CT molecular complexity index is 726. The Morgan fingerprint density at radius 2 is 2.15 bits per heavy atom. The third-order valence-electron chi connectivity index (χ3n) is 5.70. The van der Waals surface area contributed by atoms with Crippen molar-refractivity contribution in [1.82, 2.24) is 5.32 Å². The molecular formula is C19H27ClN2O5. The molecule has 27 heavy (non-hydrogen) atoms. The lowest BCUT2D eigenvalue weighted by atomic mass is 9.54. The zero-order valence-corrected chi connectivity index (χ0v) is 16.6. The van der Waals surface area contributed by atoms with Crippen LogP contribution in [-0.4, -0.2) is 49.0 Å². The highest BCUT2D eigenvalue weighted by molar-refractivity contribution is 6.32. The molecule has 0 bridgehead atoms. The van der Waals surface area contributed by atoms with Gasteiger partial charge in [-0.1, -0.05) is 25.4 Å². The number of halogens is 1. The monoisotopic (exact) mass is 398 g/mol. The highest BCUT2D eigenvalue weighted by atomic mass is 35.5. The maximum Gasteiger partial charge on any atom is 0.240 e. The van der Waals surface area contributed by atoms with Crippen LogP contribution in [0.25, 0.3) is 0 Å². The Labute approximate surface area is 164 Å². The molecule has 1 amide bonds. The van der Waals surface area contributed by atoms with E-state index in [2.05, 4.69) is 5.32 Å². The highest BCUT2D eigenvalue weighted by Gasteiger charge is 2.62. The van der Waals surface area contributed by atoms with Gasteiger partial charge in [0.2, 0.25) is 5.91 Å². The van der Waals surface area contributed by atoms with E-state index in [4.69, 9.17) is 31.5 Å². The molecule has 2 aliphatic rings. The second kappa shape index (κ2) is 7.47. The molecule has 4 N–H and O–H groups in total. The number of nitrogens with two attached hydrogens (primary N) is 1. The van der Waals surface area contributed by atoms with Crippen molar-refractivity contribution in [1.29, 1.82) is 0 Å². The quantitative estimate of drug-likeness (QED) is 0.675. The van der Waals surface area contributed by atoms with Crippen molar-refractivity contribution in [3.05, 3.63) is 22.7 Å². The summed E-state index contributed by atoms with van der Waals surface area (Å²) < 4.78 is 16.6. The highest BCUT2D eigenvalue weighted by Crippen LogP contribution is 2.49. The second-order valence-electron chi connectivity index (χ2n) is 7.59. The van der Waals surface area contributed by atoms with Crippen LogP contribution in [0, 0.1) is 5.41 Å². The predicted molar refractivity (Wildman–Crippen MR) is 101 cm³/mol. The number of ether oxygens (including phenoxy) is 3. The van der Waals surface area contributed by atoms with Gasteiger partial charge in [0.1, 0.15) is 18.8 Å². The fraction of sp³-hybridized carbons (Fsp3) is 0.632. The van der Waals surface area contributed by atoms with E-state index >= 15 is 0 Å². The van der Waals surface area contributed by atoms with Gasteiger partial charge in [0.15, 0.2) is 11.5 Å². The summed E-state index contributed by atoms with van der Waals surface area (Å²) in [6.07, 6.45) is -0.553. The van der Waals surface area contributed by atoms with Crippen LogP contribution in [0.5, 0.6) is 11.5 Å². The van der Waals surface area contributed by atoms with E-state index in [0.717, 1.165) is 0 Å². The van der Waals surface area contributed by atoms with Gasteiger partial charge in [-0.2, -0.15) is 0 Å². The van der Waals surface area contributed by atoms with Gasteiger partial charge in [0.05, 0.1) is 17.2 Å². The molecule has 7 nitrogen and oxygen atoms in total. The fourth-order valence-corrected chi connectivity index (χ4v) is 3.88. The molecule has 1 aromatic carbocycles. The van der Waals surface area contributed by atoms with Crippen LogP contribution in [0.15, 0.2) is 12.1 Å². The molecule has 3 unspecified atom stereocenters. The van der Waals surface area contributed by atoms with Crippen molar-refractivity contribution in [2.45, 2.75) is 44.9 Å². The van der Waals surface area contributed by atoms with E-state index in [1.54, 1.807) is 12.1 Å². The first-order valence-electron chi connectivity index (χ1n) is 9.16. The number of aliphatic hydroxyl groups is 1. The van der Waals surface area contributed by atoms with Gasteiger partial charge in [-0.25, -0.2) is 0 Å². The number of benzene rings is 1. The van der Waals surface area contributed by atoms with Crippen LogP contribution >= 0.6 is 11.6 Å². The molecule has 1 heterocycles. The zero-order valence-electron chi connectivity index (χ0n) is 15.9. The maximum atomic E-state index is 12.7. The molecule has 1 aliphatic heterocycles. The number of carbonyl (C=O) groups is 1. The molecule has 1 fully saturated rings. The molecular weight excluding hydrogens is 372 g/mol. The summed E-state index contributed by atoms with van der Waals surface area (Å²) in [5, 5.41) is 13.6. The van der Waals surface area contributed by atoms with E-state index in [9.17, 15) is 9.90 Å². The van der Waals surface area contributed by atoms with Gasteiger partial charge in [-0.3, -0.25) is 4.79 Å². The molecule has 150 valence electrons. The Balaban J connectivity index is 1.63. The number of carbonyl (C=O) groups excluding carboxylic acids is 1. The Kier molecular flexibility index (Phi) is 5.59. The molecule has 1 aliphatic carbocycles. The van der Waals surface area contributed by atoms with Gasteiger partial charge in [-0.05, 0) is 24.6 Å². The molecule has 0 aromatic heterocycles. The SMILES string of the molecule is CCOC1CC(N)(C(=O)NCC(O)c2cc(Cl)c3c(c2)OCCO3)C1(C)C. The lowest BCUT2D eigenvalue weighted by molar-refractivity contribution is -0.170. The van der Waals surface area contributed by atoms with Gasteiger partial charge >= 0.3 is 0 Å². The third-order valence-corrected chi connectivity index (χ3v) is 5.98. The van der Waals surface area contributed by atoms with E-state index in [-0.39, 0.29) is 18.6 Å². The van der Waals surface area contributed by atoms with Crippen molar-refractivity contribution >= 4 is 17.5 Å². The topological polar surface area (TPSA) is 103 Å². The second-order valence-corrected chi connectivity index (χ2v) is 8.00. The minimum absolute atomic E-state index is 0.0170. The van der Waals surface area contributed by atoms with E-state index in [1.807, 2.05) is 20.8 Å². The number of rotatable bonds is 6. The average molecular weight is 399 g/mol. The van der Waals surface area contributed by atoms with Crippen molar-refractivity contribution in [3.8, 4) is 11.5 Å². The van der Waals surface area contributed by atoms with Crippen LogP contribution < -0.4 is 20.5 Å². The summed E-state index contributed by atoms with van der Waals surface area (Å²) in [7, 11) is 0. The normalized spacial score (nSPS) is 26.8. The number of aliphatic hydroxyl groups excluding tert-OH is 1. The Hall–Kier alpha value is -1.54. The summed E-state index contributed by atoms with van der Waals surface area (Å²) in [6.45, 7) is 7.22. The number of hydrogen-bond donors (Lipinski definition) is 3. The smallest absolute Gasteiger partial charge is 0.240 e. The minimum atomic E-state index is -1.03. The van der Waals surface area contributed by atoms with Crippen LogP contribution in [0.4, 0.5) is 0 Å². The van der Waals surface area contributed by atoms with E-state index in [1.165, 1.54) is 0 Å². The lowest BCUT2D eigenvalue weighted by Crippen LogP contribution is -2.75. The molecule has 0 spiro atoms. The van der Waals surface area contributed by atoms with Gasteiger partial charge in [0, 0.05) is 25.0 Å². The summed E-state index contributed by atoms with van der Waals surface area (Å²) >= 11 is 6.20. The van der Waals surface area contributed by atoms with Crippen LogP contribution in [-0.2, 0) is 9.53 Å². The molecule has 1 saturated carbocycles. The molecule has 8 heteroatoms. The fourth-order valence-electron chi connectivity index (χ4n) is 3.61. The van der Waals surface area contributed by atoms with E-state index in [0.29, 0.717) is 48.3 Å². The van der Waals surface area contributed by atoms with Crippen LogP contribution in [0.2, 0.25) is 5.02 Å². The summed E-state index contributed by atoms with van der Waals surface area (Å²) in [4.78, 5) is 12.7. The summed E-state index contributed by atoms with van der Waals surface area (Å²) in [6, 6.07) is 3.29. The molecule has 1 aromatic rings. The Morgan fingerprint density at radius 1 is 1.44 bits per heavy atom. The predicted octanol–water partition coefficient (Wildman–Crippen LogP) is 1.79. The molecule has 3 rings (SSSR count).